The highest BCUT2D eigenvalue weighted by molar-refractivity contribution is 6.20. The zero-order valence-electron chi connectivity index (χ0n) is 32.0. The van der Waals surface area contributed by atoms with E-state index in [4.69, 9.17) is 23.7 Å². The van der Waals surface area contributed by atoms with Crippen LogP contribution in [0.15, 0.2) is 23.7 Å². The van der Waals surface area contributed by atoms with Gasteiger partial charge in [-0.25, -0.2) is 4.79 Å². The second-order valence-electron chi connectivity index (χ2n) is 15.8. The third-order valence-corrected chi connectivity index (χ3v) is 12.9. The van der Waals surface area contributed by atoms with Crippen molar-refractivity contribution in [1.82, 2.24) is 0 Å². The summed E-state index contributed by atoms with van der Waals surface area (Å²) in [5.41, 5.74) is -4.24. The van der Waals surface area contributed by atoms with Crippen LogP contribution in [0.3, 0.4) is 0 Å². The second kappa shape index (κ2) is 16.0. The molecule has 0 aromatic heterocycles. The number of carbonyl (C=O) groups is 3. The van der Waals surface area contributed by atoms with Crippen LogP contribution < -0.4 is 0 Å². The van der Waals surface area contributed by atoms with Gasteiger partial charge >= 0.3 is 5.97 Å². The van der Waals surface area contributed by atoms with Gasteiger partial charge in [-0.05, 0) is 77.6 Å². The molecule has 4 heterocycles. The largest absolute Gasteiger partial charge is 0.504 e. The molecule has 3 saturated heterocycles. The van der Waals surface area contributed by atoms with E-state index in [1.54, 1.807) is 14.0 Å². The summed E-state index contributed by atoms with van der Waals surface area (Å²) in [6.45, 7) is 18.2. The van der Waals surface area contributed by atoms with Crippen molar-refractivity contribution in [3.05, 3.63) is 23.7 Å². The van der Waals surface area contributed by atoms with Gasteiger partial charge < -0.3 is 44.1 Å². The molecule has 0 spiro atoms. The smallest absolute Gasteiger partial charge is 0.351 e. The van der Waals surface area contributed by atoms with Gasteiger partial charge in [-0.15, -0.1) is 0 Å². The molecule has 0 amide bonds. The third-order valence-electron chi connectivity index (χ3n) is 12.9. The van der Waals surface area contributed by atoms with E-state index in [2.05, 4.69) is 6.58 Å². The van der Waals surface area contributed by atoms with E-state index in [0.29, 0.717) is 38.5 Å². The van der Waals surface area contributed by atoms with E-state index in [1.807, 2.05) is 41.5 Å². The average molecular weight is 723 g/mol. The van der Waals surface area contributed by atoms with Crippen molar-refractivity contribution >= 4 is 17.5 Å². The summed E-state index contributed by atoms with van der Waals surface area (Å²) in [7, 11) is 1.56. The molecule has 290 valence electrons. The number of carbonyl (C=O) groups excluding carboxylic acids is 3. The van der Waals surface area contributed by atoms with Crippen LogP contribution in [-0.4, -0.2) is 105 Å². The fourth-order valence-electron chi connectivity index (χ4n) is 9.09. The number of cyclic esters (lactones) is 1. The van der Waals surface area contributed by atoms with Crippen molar-refractivity contribution in [3.8, 4) is 0 Å². The Morgan fingerprint density at radius 2 is 1.78 bits per heavy atom. The van der Waals surface area contributed by atoms with E-state index in [-0.39, 0.29) is 36.5 Å². The molecular formula is C39H62O12. The number of rotatable bonds is 15. The normalized spacial score (nSPS) is 38.2. The number of aliphatic hydroxyl groups excluding tert-OH is 2. The van der Waals surface area contributed by atoms with Crippen LogP contribution in [0.2, 0.25) is 0 Å². The highest BCUT2D eigenvalue weighted by Gasteiger charge is 2.57. The monoisotopic (exact) mass is 722 g/mol. The number of methoxy groups -OCH3 is 1. The highest BCUT2D eigenvalue weighted by Crippen LogP contribution is 2.47. The summed E-state index contributed by atoms with van der Waals surface area (Å²) < 4.78 is 29.8. The van der Waals surface area contributed by atoms with Gasteiger partial charge in [-0.3, -0.25) is 9.59 Å². The molecule has 0 bridgehead atoms. The minimum Gasteiger partial charge on any atom is -0.504 e. The Morgan fingerprint density at radius 1 is 1.12 bits per heavy atom. The van der Waals surface area contributed by atoms with Gasteiger partial charge in [0, 0.05) is 25.4 Å². The van der Waals surface area contributed by atoms with Crippen LogP contribution in [0.5, 0.6) is 0 Å². The zero-order valence-corrected chi connectivity index (χ0v) is 32.0. The van der Waals surface area contributed by atoms with Crippen molar-refractivity contribution < 1.29 is 58.5 Å². The molecule has 3 fully saturated rings. The molecule has 4 N–H and O–H groups in total. The summed E-state index contributed by atoms with van der Waals surface area (Å²) in [5, 5.41) is 45.2. The number of ether oxygens (including phenoxy) is 5. The van der Waals surface area contributed by atoms with Crippen LogP contribution in [-0.2, 0) is 38.1 Å². The minimum absolute atomic E-state index is 0.0266. The second-order valence-corrected chi connectivity index (χ2v) is 15.8. The van der Waals surface area contributed by atoms with Gasteiger partial charge in [0.2, 0.25) is 0 Å². The van der Waals surface area contributed by atoms with Crippen molar-refractivity contribution in [2.45, 2.75) is 173 Å². The number of hydrogen-bond acceptors (Lipinski definition) is 12. The van der Waals surface area contributed by atoms with Crippen molar-refractivity contribution in [3.63, 3.8) is 0 Å². The molecule has 0 saturated carbocycles. The van der Waals surface area contributed by atoms with Crippen LogP contribution in [0, 0.1) is 23.7 Å². The van der Waals surface area contributed by atoms with Crippen molar-refractivity contribution in [2.75, 3.05) is 7.11 Å². The molecule has 12 heteroatoms. The van der Waals surface area contributed by atoms with E-state index in [9.17, 15) is 34.8 Å². The quantitative estimate of drug-likeness (QED) is 0.136. The molecule has 4 rings (SSSR count). The van der Waals surface area contributed by atoms with E-state index >= 15 is 0 Å². The predicted octanol–water partition coefficient (Wildman–Crippen LogP) is 4.65. The first kappa shape index (κ1) is 41.6. The standard InChI is InChI=1S/C39H62O12/c1-11-25-18-20(4)28(19-27(40)31-33(42)22(6)48-36(31)44)50-34(25)21(5)32(41)26(12-2)35(43)37(9,45)29-14-16-38(13-3,51-29)30-15-17-39(46,23(7)47-10)24(8)49-30/h20-21,23-26,28-30,32,34,41-42,45-46H,6,11-19H2,1-5,7-10H3/t20-,21?,23?,24+,25?,26?,28-,29?,30-,32?,34?,37?,38-,39?/m0/s1. The number of aliphatic hydroxyl groups is 4. The number of Topliss-reactive ketones (excluding diaryl/α,β-unsaturated/α-hetero) is 2. The summed E-state index contributed by atoms with van der Waals surface area (Å²) >= 11 is 0. The van der Waals surface area contributed by atoms with Gasteiger partial charge in [-0.1, -0.05) is 47.6 Å². The van der Waals surface area contributed by atoms with Gasteiger partial charge in [-0.2, -0.15) is 0 Å². The average Bonchev–Trinajstić information content (AvgIpc) is 3.66. The van der Waals surface area contributed by atoms with E-state index < -0.39 is 94.1 Å². The van der Waals surface area contributed by atoms with Crippen LogP contribution in [0.4, 0.5) is 0 Å². The Balaban J connectivity index is 1.47. The maximum Gasteiger partial charge on any atom is 0.351 e. The van der Waals surface area contributed by atoms with Gasteiger partial charge in [0.25, 0.3) is 0 Å². The first-order valence-corrected chi connectivity index (χ1v) is 18.9. The highest BCUT2D eigenvalue weighted by atomic mass is 16.6. The van der Waals surface area contributed by atoms with Crippen molar-refractivity contribution in [1.29, 1.82) is 0 Å². The lowest BCUT2D eigenvalue weighted by Crippen LogP contribution is -2.60. The Kier molecular flexibility index (Phi) is 13.1. The molecule has 14 atom stereocenters. The zero-order chi connectivity index (χ0) is 38.2. The third kappa shape index (κ3) is 7.75. The number of esters is 1. The van der Waals surface area contributed by atoms with Gasteiger partial charge in [0.05, 0.1) is 48.3 Å². The maximum absolute atomic E-state index is 14.2. The lowest BCUT2D eigenvalue weighted by Gasteiger charge is -2.49. The first-order valence-electron chi connectivity index (χ1n) is 18.9. The summed E-state index contributed by atoms with van der Waals surface area (Å²) in [4.78, 5) is 39.6. The SMILES string of the molecule is C=C1OC(=O)C(C(=O)C[C@@H]2OC(C(C)C(O)C(CC)C(=O)C(C)(O)C3CC[C@@](CC)([C@@H]4CCC(O)(C(C)OC)[C@@H](C)O4)O3)C(CC)C[C@@H]2C)=C1O. The van der Waals surface area contributed by atoms with Crippen LogP contribution in [0.1, 0.15) is 113 Å². The number of hydrogen-bond donors (Lipinski definition) is 4. The number of ketones is 2. The summed E-state index contributed by atoms with van der Waals surface area (Å²) in [6, 6.07) is 0. The van der Waals surface area contributed by atoms with E-state index in [1.165, 1.54) is 6.92 Å². The Hall–Kier alpha value is -2.19. The Morgan fingerprint density at radius 3 is 2.31 bits per heavy atom. The molecule has 4 aliphatic heterocycles. The van der Waals surface area contributed by atoms with Crippen LogP contribution >= 0.6 is 0 Å². The first-order chi connectivity index (χ1) is 23.8. The van der Waals surface area contributed by atoms with Gasteiger partial charge in [0.1, 0.15) is 16.8 Å². The maximum atomic E-state index is 14.2. The van der Waals surface area contributed by atoms with Gasteiger partial charge in [0.15, 0.2) is 23.1 Å². The molecule has 4 aliphatic rings. The Bertz CT molecular complexity index is 1340. The molecule has 0 aliphatic carbocycles. The Labute approximate surface area is 302 Å². The molecule has 0 aromatic rings. The summed E-state index contributed by atoms with van der Waals surface area (Å²) in [5.74, 6) is -4.39. The molecule has 0 aromatic carbocycles. The molecule has 9 unspecified atom stereocenters. The minimum atomic E-state index is -1.90. The molecule has 0 radical (unpaired) electrons. The molecule has 12 nitrogen and oxygen atoms in total. The summed E-state index contributed by atoms with van der Waals surface area (Å²) in [6.07, 6.45) is -0.293. The molecule has 51 heavy (non-hydrogen) atoms. The lowest BCUT2D eigenvalue weighted by molar-refractivity contribution is -0.255. The molecular weight excluding hydrogens is 660 g/mol. The van der Waals surface area contributed by atoms with Crippen LogP contribution in [0.25, 0.3) is 0 Å². The lowest BCUT2D eigenvalue weighted by atomic mass is 9.72. The fourth-order valence-corrected chi connectivity index (χ4v) is 9.09. The topological polar surface area (TPSA) is 178 Å². The van der Waals surface area contributed by atoms with E-state index in [0.717, 1.165) is 6.42 Å². The van der Waals surface area contributed by atoms with Crippen molar-refractivity contribution in [2.24, 2.45) is 23.7 Å². The fraction of sp³-hybridized carbons (Fsp3) is 0.821. The predicted molar refractivity (Wildman–Crippen MR) is 187 cm³/mol.